The van der Waals surface area contributed by atoms with E-state index in [2.05, 4.69) is 149 Å². The highest BCUT2D eigenvalue weighted by atomic mass is 15.3. The molecule has 4 aromatic rings. The largest absolute Gasteiger partial charge is 0.329 e. The summed E-state index contributed by atoms with van der Waals surface area (Å²) >= 11 is 0. The van der Waals surface area contributed by atoms with Crippen LogP contribution in [0.25, 0.3) is 0 Å². The van der Waals surface area contributed by atoms with Crippen LogP contribution in [-0.4, -0.2) is 37.8 Å². The Balaban J connectivity index is 0.000000252. The van der Waals surface area contributed by atoms with Crippen LogP contribution in [0.15, 0.2) is 121 Å². The van der Waals surface area contributed by atoms with E-state index in [1.54, 1.807) is 0 Å². The highest BCUT2D eigenvalue weighted by Gasteiger charge is 2.31. The molecule has 224 valence electrons. The Morgan fingerprint density at radius 2 is 0.690 bits per heavy atom. The second-order valence-electron chi connectivity index (χ2n) is 12.7. The molecule has 0 aromatic heterocycles. The minimum absolute atomic E-state index is 1.19. The topological polar surface area (TPSA) is 0 Å². The van der Waals surface area contributed by atoms with E-state index in [0.29, 0.717) is 0 Å². The van der Waals surface area contributed by atoms with Gasteiger partial charge in [0.1, 0.15) is 6.15 Å². The summed E-state index contributed by atoms with van der Waals surface area (Å²) in [7, 11) is 4.68. The molecule has 0 N–H and O–H groups in total. The minimum Gasteiger partial charge on any atom is -0.329 e. The minimum atomic E-state index is -1.22. The number of rotatable bonds is 16. The van der Waals surface area contributed by atoms with Crippen molar-refractivity contribution >= 4 is 28.0 Å². The van der Waals surface area contributed by atoms with Gasteiger partial charge in [0.15, 0.2) is 0 Å². The predicted molar refractivity (Wildman–Crippen MR) is 189 cm³/mol. The maximum atomic E-state index is 2.34. The third-order valence-electron chi connectivity index (χ3n) is 9.17. The van der Waals surface area contributed by atoms with E-state index in [0.717, 1.165) is 0 Å². The average molecular weight is 562 g/mol. The number of unbranched alkanes of at least 4 members (excludes halogenated alkanes) is 9. The summed E-state index contributed by atoms with van der Waals surface area (Å²) in [6.07, 6.45) is 13.2. The lowest BCUT2D eigenvalue weighted by Crippen LogP contribution is -2.74. The fourth-order valence-corrected chi connectivity index (χ4v) is 6.31. The number of hydrogen-bond acceptors (Lipinski definition) is 0. The van der Waals surface area contributed by atoms with Crippen LogP contribution in [0.4, 0.5) is 0 Å². The second-order valence-corrected chi connectivity index (χ2v) is 12.7. The number of quaternary nitrogens is 1. The Bertz CT molecular complexity index is 1040. The summed E-state index contributed by atoms with van der Waals surface area (Å²) in [6, 6.07) is 43.5. The molecule has 4 rings (SSSR count). The Hall–Kier alpha value is -3.10. The van der Waals surface area contributed by atoms with Crippen LogP contribution in [0.1, 0.15) is 78.1 Å². The summed E-state index contributed by atoms with van der Waals surface area (Å²) in [4.78, 5) is 0. The van der Waals surface area contributed by atoms with Gasteiger partial charge in [0, 0.05) is 0 Å². The van der Waals surface area contributed by atoms with Crippen LogP contribution in [0.5, 0.6) is 0 Å². The summed E-state index contributed by atoms with van der Waals surface area (Å²) in [5, 5.41) is 0. The molecule has 0 bridgehead atoms. The molecular formula is C40H56BN. The fraction of sp³-hybridized carbons (Fsp3) is 0.400. The Morgan fingerprint density at radius 1 is 0.405 bits per heavy atom. The van der Waals surface area contributed by atoms with Gasteiger partial charge >= 0.3 is 0 Å². The molecule has 1 nitrogen and oxygen atoms in total. The standard InChI is InChI=1S/C24H20B.C16H36N/c1-5-13-21(14-6-1)25(22-15-7-2-8-16-22,23-17-9-3-10-18-23)24-19-11-4-12-20-24;1-5-7-8-9-10-11-12-13-14-15-16-17(3,4)6-2/h1-20H;5-16H2,1-4H3/q-1;+1. The lowest BCUT2D eigenvalue weighted by atomic mass is 9.13. The fourth-order valence-electron chi connectivity index (χ4n) is 6.31. The van der Waals surface area contributed by atoms with Crippen LogP contribution in [0, 0.1) is 0 Å². The average Bonchev–Trinajstić information content (AvgIpc) is 3.05. The maximum absolute atomic E-state index is 2.34. The SMILES string of the molecule is CCCCCCCCCCCC[N+](C)(C)CC.c1ccc([B-](c2ccccc2)(c2ccccc2)c2ccccc2)cc1. The smallest absolute Gasteiger partial charge is 0.108 e. The van der Waals surface area contributed by atoms with Crippen molar-refractivity contribution in [1.29, 1.82) is 0 Å². The monoisotopic (exact) mass is 561 g/mol. The van der Waals surface area contributed by atoms with Crippen molar-refractivity contribution < 1.29 is 4.48 Å². The lowest BCUT2D eigenvalue weighted by Gasteiger charge is -2.44. The van der Waals surface area contributed by atoms with Gasteiger partial charge in [-0.3, -0.25) is 0 Å². The zero-order valence-corrected chi connectivity index (χ0v) is 27.1. The zero-order valence-electron chi connectivity index (χ0n) is 27.1. The van der Waals surface area contributed by atoms with E-state index in [9.17, 15) is 0 Å². The van der Waals surface area contributed by atoms with Gasteiger partial charge in [-0.1, -0.05) is 180 Å². The number of nitrogens with zero attached hydrogens (tertiary/aromatic N) is 1. The summed E-state index contributed by atoms with van der Waals surface area (Å²) in [5.74, 6) is 0. The second kappa shape index (κ2) is 18.4. The van der Waals surface area contributed by atoms with Crippen molar-refractivity contribution in [1.82, 2.24) is 0 Å². The first-order valence-electron chi connectivity index (χ1n) is 16.7. The molecule has 42 heavy (non-hydrogen) atoms. The molecule has 0 radical (unpaired) electrons. The predicted octanol–water partition coefficient (Wildman–Crippen LogP) is 8.07. The molecule has 0 atom stereocenters. The van der Waals surface area contributed by atoms with Gasteiger partial charge in [-0.25, -0.2) is 0 Å². The lowest BCUT2D eigenvalue weighted by molar-refractivity contribution is -0.888. The van der Waals surface area contributed by atoms with Crippen LogP contribution in [-0.2, 0) is 0 Å². The van der Waals surface area contributed by atoms with Crippen molar-refractivity contribution in [2.24, 2.45) is 0 Å². The molecular weight excluding hydrogens is 505 g/mol. The van der Waals surface area contributed by atoms with Crippen LogP contribution in [0.3, 0.4) is 0 Å². The third kappa shape index (κ3) is 10.0. The molecule has 0 unspecified atom stereocenters. The normalized spacial score (nSPS) is 11.5. The summed E-state index contributed by atoms with van der Waals surface area (Å²) in [6.45, 7) is 7.19. The zero-order chi connectivity index (χ0) is 29.9. The van der Waals surface area contributed by atoms with E-state index < -0.39 is 6.15 Å². The third-order valence-corrected chi connectivity index (χ3v) is 9.17. The summed E-state index contributed by atoms with van der Waals surface area (Å²) in [5.41, 5.74) is 5.36. The first kappa shape index (κ1) is 33.4. The van der Waals surface area contributed by atoms with Crippen LogP contribution < -0.4 is 21.9 Å². The van der Waals surface area contributed by atoms with Gasteiger partial charge in [-0.15, -0.1) is 0 Å². The van der Waals surface area contributed by atoms with Gasteiger partial charge in [-0.05, 0) is 19.8 Å². The van der Waals surface area contributed by atoms with E-state index >= 15 is 0 Å². The molecule has 0 aliphatic carbocycles. The number of benzene rings is 4. The first-order chi connectivity index (χ1) is 20.5. The van der Waals surface area contributed by atoms with E-state index in [4.69, 9.17) is 0 Å². The molecule has 0 saturated carbocycles. The van der Waals surface area contributed by atoms with Gasteiger partial charge in [0.2, 0.25) is 0 Å². The van der Waals surface area contributed by atoms with Gasteiger partial charge in [-0.2, -0.15) is 21.9 Å². The highest BCUT2D eigenvalue weighted by Crippen LogP contribution is 2.12. The van der Waals surface area contributed by atoms with Crippen molar-refractivity contribution in [3.05, 3.63) is 121 Å². The van der Waals surface area contributed by atoms with Gasteiger partial charge in [0.25, 0.3) is 0 Å². The summed E-state index contributed by atoms with van der Waals surface area (Å²) < 4.78 is 1.19. The molecule has 0 spiro atoms. The van der Waals surface area contributed by atoms with E-state index in [-0.39, 0.29) is 0 Å². The Kier molecular flexibility index (Phi) is 14.7. The molecule has 0 aliphatic rings. The maximum Gasteiger partial charge on any atom is 0.108 e. The quantitative estimate of drug-likeness (QED) is 0.0737. The van der Waals surface area contributed by atoms with Gasteiger partial charge in [0.05, 0.1) is 27.2 Å². The van der Waals surface area contributed by atoms with Crippen LogP contribution >= 0.6 is 0 Å². The van der Waals surface area contributed by atoms with E-state index in [1.165, 1.54) is 104 Å². The molecule has 0 saturated heterocycles. The van der Waals surface area contributed by atoms with E-state index in [1.807, 2.05) is 0 Å². The first-order valence-corrected chi connectivity index (χ1v) is 16.7. The van der Waals surface area contributed by atoms with Gasteiger partial charge < -0.3 is 4.48 Å². The van der Waals surface area contributed by atoms with Crippen molar-refractivity contribution in [3.63, 3.8) is 0 Å². The molecule has 0 heterocycles. The molecule has 2 heteroatoms. The van der Waals surface area contributed by atoms with Crippen molar-refractivity contribution in [3.8, 4) is 0 Å². The molecule has 0 aliphatic heterocycles. The van der Waals surface area contributed by atoms with Crippen molar-refractivity contribution in [2.75, 3.05) is 27.2 Å². The molecule has 0 fully saturated rings. The Labute approximate surface area is 258 Å². The highest BCUT2D eigenvalue weighted by molar-refractivity contribution is 7.19. The Morgan fingerprint density at radius 3 is 0.976 bits per heavy atom. The van der Waals surface area contributed by atoms with Crippen molar-refractivity contribution in [2.45, 2.75) is 78.1 Å². The molecule has 4 aromatic carbocycles. The van der Waals surface area contributed by atoms with Crippen LogP contribution in [0.2, 0.25) is 0 Å². The molecule has 0 amide bonds. The number of hydrogen-bond donors (Lipinski definition) is 0.